The predicted molar refractivity (Wildman–Crippen MR) is 123 cm³/mol. The molecule has 0 unspecified atom stereocenters. The van der Waals surface area contributed by atoms with E-state index < -0.39 is 0 Å². The maximum absolute atomic E-state index is 12.7. The van der Waals surface area contributed by atoms with Gasteiger partial charge in [-0.2, -0.15) is 0 Å². The van der Waals surface area contributed by atoms with Crippen molar-refractivity contribution in [2.24, 2.45) is 0 Å². The van der Waals surface area contributed by atoms with Crippen molar-refractivity contribution in [2.75, 3.05) is 18.4 Å². The van der Waals surface area contributed by atoms with Gasteiger partial charge in [0.2, 0.25) is 11.9 Å². The Balaban J connectivity index is 1.44. The Morgan fingerprint density at radius 1 is 1.10 bits per heavy atom. The third-order valence-electron chi connectivity index (χ3n) is 5.43. The molecular weight excluding hydrogens is 386 g/mol. The number of rotatable bonds is 5. The monoisotopic (exact) mass is 413 g/mol. The van der Waals surface area contributed by atoms with E-state index in [1.54, 1.807) is 12.3 Å². The van der Waals surface area contributed by atoms with Crippen LogP contribution in [-0.4, -0.2) is 38.8 Å². The molecule has 0 saturated carbocycles. The van der Waals surface area contributed by atoms with Crippen molar-refractivity contribution in [3.8, 4) is 0 Å². The van der Waals surface area contributed by atoms with Gasteiger partial charge >= 0.3 is 0 Å². The number of carbonyl (C=O) groups excluding carboxylic acids is 1. The number of anilines is 2. The Kier molecular flexibility index (Phi) is 6.36. The predicted octanol–water partition coefficient (Wildman–Crippen LogP) is 4.65. The van der Waals surface area contributed by atoms with Crippen molar-refractivity contribution in [3.05, 3.63) is 83.3 Å². The fourth-order valence-electron chi connectivity index (χ4n) is 3.95. The summed E-state index contributed by atoms with van der Waals surface area (Å²) in [6.07, 6.45) is 7.39. The van der Waals surface area contributed by atoms with Gasteiger partial charge in [0.05, 0.1) is 0 Å². The summed E-state index contributed by atoms with van der Waals surface area (Å²) in [5, 5.41) is 3.21. The Bertz CT molecular complexity index is 1060. The van der Waals surface area contributed by atoms with Crippen molar-refractivity contribution in [3.63, 3.8) is 0 Å². The summed E-state index contributed by atoms with van der Waals surface area (Å²) in [5.74, 6) is 1.61. The third-order valence-corrected chi connectivity index (χ3v) is 5.43. The molecule has 1 amide bonds. The molecular formula is C25H27N5O. The zero-order chi connectivity index (χ0) is 21.6. The van der Waals surface area contributed by atoms with Gasteiger partial charge in [-0.05, 0) is 62.1 Å². The maximum Gasteiger partial charge on any atom is 0.246 e. The molecule has 1 aliphatic rings. The molecule has 0 aliphatic carbocycles. The second-order valence-electron chi connectivity index (χ2n) is 7.94. The first-order valence-electron chi connectivity index (χ1n) is 10.6. The van der Waals surface area contributed by atoms with E-state index in [-0.39, 0.29) is 11.8 Å². The SMILES string of the molecule is Cc1cc(C)nc(Nc2cc([C@@H]3CCCN(C(=O)/C=C/c4ccccc4)C3)ccn2)n1. The van der Waals surface area contributed by atoms with E-state index in [0.717, 1.165) is 42.2 Å². The number of aryl methyl sites for hydroxylation is 2. The van der Waals surface area contributed by atoms with Gasteiger partial charge in [0.1, 0.15) is 5.82 Å². The molecule has 158 valence electrons. The lowest BCUT2D eigenvalue weighted by Gasteiger charge is -2.32. The van der Waals surface area contributed by atoms with Crippen LogP contribution in [0.25, 0.3) is 6.08 Å². The first-order chi connectivity index (χ1) is 15.1. The van der Waals surface area contributed by atoms with Gasteiger partial charge in [-0.15, -0.1) is 0 Å². The van der Waals surface area contributed by atoms with Crippen LogP contribution in [0.4, 0.5) is 11.8 Å². The molecule has 6 nitrogen and oxygen atoms in total. The van der Waals surface area contributed by atoms with E-state index in [2.05, 4.69) is 20.3 Å². The number of hydrogen-bond donors (Lipinski definition) is 1. The summed E-state index contributed by atoms with van der Waals surface area (Å²) in [7, 11) is 0. The quantitative estimate of drug-likeness (QED) is 0.617. The molecule has 2 aromatic heterocycles. The van der Waals surface area contributed by atoms with Crippen molar-refractivity contribution >= 4 is 23.7 Å². The molecule has 1 fully saturated rings. The van der Waals surface area contributed by atoms with Gasteiger partial charge in [-0.25, -0.2) is 15.0 Å². The summed E-state index contributed by atoms with van der Waals surface area (Å²) < 4.78 is 0. The summed E-state index contributed by atoms with van der Waals surface area (Å²) in [4.78, 5) is 27.9. The number of nitrogens with zero attached hydrogens (tertiary/aromatic N) is 4. The molecule has 0 bridgehead atoms. The van der Waals surface area contributed by atoms with E-state index in [9.17, 15) is 4.79 Å². The van der Waals surface area contributed by atoms with Gasteiger partial charge in [0.15, 0.2) is 0 Å². The number of pyridine rings is 1. The fraction of sp³-hybridized carbons (Fsp3) is 0.280. The number of carbonyl (C=O) groups is 1. The number of likely N-dealkylation sites (tertiary alicyclic amines) is 1. The minimum Gasteiger partial charge on any atom is -0.339 e. The van der Waals surface area contributed by atoms with E-state index >= 15 is 0 Å². The standard InChI is InChI=1S/C25H27N5O/c1-18-15-19(2)28-25(27-18)29-23-16-21(12-13-26-23)22-9-6-14-30(17-22)24(31)11-10-20-7-4-3-5-8-20/h3-5,7-8,10-13,15-16,22H,6,9,14,17H2,1-2H3,(H,26,27,28,29)/b11-10+/t22-/m1/s1. The van der Waals surface area contributed by atoms with Crippen molar-refractivity contribution in [1.82, 2.24) is 19.9 Å². The molecule has 4 rings (SSSR count). The molecule has 6 heteroatoms. The second kappa shape index (κ2) is 9.51. The zero-order valence-corrected chi connectivity index (χ0v) is 18.0. The molecule has 1 atom stereocenters. The van der Waals surface area contributed by atoms with E-state index in [1.807, 2.05) is 73.4 Å². The summed E-state index contributed by atoms with van der Waals surface area (Å²) in [6, 6.07) is 15.9. The van der Waals surface area contributed by atoms with Gasteiger partial charge in [0.25, 0.3) is 0 Å². The average molecular weight is 414 g/mol. The van der Waals surface area contributed by atoms with Gasteiger partial charge in [0, 0.05) is 42.7 Å². The molecule has 3 aromatic rings. The number of benzene rings is 1. The largest absolute Gasteiger partial charge is 0.339 e. The smallest absolute Gasteiger partial charge is 0.246 e. The van der Waals surface area contributed by atoms with Gasteiger partial charge in [-0.1, -0.05) is 30.3 Å². The first kappa shape index (κ1) is 20.7. The Labute approximate surface area is 183 Å². The number of hydrogen-bond acceptors (Lipinski definition) is 5. The lowest BCUT2D eigenvalue weighted by molar-refractivity contribution is -0.127. The highest BCUT2D eigenvalue weighted by molar-refractivity contribution is 5.91. The van der Waals surface area contributed by atoms with E-state index in [1.165, 1.54) is 5.56 Å². The van der Waals surface area contributed by atoms with Crippen LogP contribution in [0, 0.1) is 13.8 Å². The molecule has 0 spiro atoms. The summed E-state index contributed by atoms with van der Waals surface area (Å²) in [5.41, 5.74) is 4.03. The lowest BCUT2D eigenvalue weighted by Crippen LogP contribution is -2.38. The normalized spacial score (nSPS) is 16.5. The molecule has 0 radical (unpaired) electrons. The van der Waals surface area contributed by atoms with Crippen molar-refractivity contribution in [2.45, 2.75) is 32.6 Å². The van der Waals surface area contributed by atoms with E-state index in [4.69, 9.17) is 0 Å². The average Bonchev–Trinajstić information content (AvgIpc) is 2.78. The highest BCUT2D eigenvalue weighted by atomic mass is 16.2. The molecule has 3 heterocycles. The van der Waals surface area contributed by atoms with Crippen LogP contribution >= 0.6 is 0 Å². The van der Waals surface area contributed by atoms with Crippen molar-refractivity contribution < 1.29 is 4.79 Å². The Morgan fingerprint density at radius 2 is 1.87 bits per heavy atom. The summed E-state index contributed by atoms with van der Waals surface area (Å²) >= 11 is 0. The van der Waals surface area contributed by atoms with Gasteiger partial charge in [-0.3, -0.25) is 4.79 Å². The van der Waals surface area contributed by atoms with Gasteiger partial charge < -0.3 is 10.2 Å². The van der Waals surface area contributed by atoms with Crippen LogP contribution in [0.1, 0.15) is 41.3 Å². The third kappa shape index (κ3) is 5.54. The van der Waals surface area contributed by atoms with Crippen LogP contribution in [-0.2, 0) is 4.79 Å². The molecule has 1 N–H and O–H groups in total. The highest BCUT2D eigenvalue weighted by Crippen LogP contribution is 2.28. The highest BCUT2D eigenvalue weighted by Gasteiger charge is 2.24. The van der Waals surface area contributed by atoms with Crippen molar-refractivity contribution in [1.29, 1.82) is 0 Å². The summed E-state index contributed by atoms with van der Waals surface area (Å²) in [6.45, 7) is 5.40. The van der Waals surface area contributed by atoms with Crippen LogP contribution in [0.3, 0.4) is 0 Å². The first-order valence-corrected chi connectivity index (χ1v) is 10.6. The number of aromatic nitrogens is 3. The number of piperidine rings is 1. The topological polar surface area (TPSA) is 71.0 Å². The number of amides is 1. The van der Waals surface area contributed by atoms with Crippen LogP contribution < -0.4 is 5.32 Å². The lowest BCUT2D eigenvalue weighted by atomic mass is 9.91. The van der Waals surface area contributed by atoms with Crippen LogP contribution in [0.5, 0.6) is 0 Å². The van der Waals surface area contributed by atoms with E-state index in [0.29, 0.717) is 12.5 Å². The van der Waals surface area contributed by atoms with Crippen LogP contribution in [0.2, 0.25) is 0 Å². The molecule has 1 aromatic carbocycles. The second-order valence-corrected chi connectivity index (χ2v) is 7.94. The molecule has 1 saturated heterocycles. The Morgan fingerprint density at radius 3 is 2.65 bits per heavy atom. The number of nitrogens with one attached hydrogen (secondary N) is 1. The Hall–Kier alpha value is -3.54. The molecule has 1 aliphatic heterocycles. The fourth-order valence-corrected chi connectivity index (χ4v) is 3.95. The minimum atomic E-state index is 0.0598. The van der Waals surface area contributed by atoms with Crippen LogP contribution in [0.15, 0.2) is 60.8 Å². The zero-order valence-electron chi connectivity index (χ0n) is 18.0. The molecule has 31 heavy (non-hydrogen) atoms. The minimum absolute atomic E-state index is 0.0598. The maximum atomic E-state index is 12.7.